The first kappa shape index (κ1) is 29.8. The van der Waals surface area contributed by atoms with Crippen LogP contribution in [0.4, 0.5) is 5.69 Å². The lowest BCUT2D eigenvalue weighted by molar-refractivity contribution is -0.498. The van der Waals surface area contributed by atoms with Gasteiger partial charge in [0.25, 0.3) is 5.69 Å². The fraction of sp³-hybridized carbons (Fsp3) is 0.345. The van der Waals surface area contributed by atoms with Gasteiger partial charge in [-0.15, -0.1) is 6.58 Å². The second-order valence-electron chi connectivity index (χ2n) is 8.74. The number of carbonyl (C=O) groups excluding carboxylic acids is 2. The van der Waals surface area contributed by atoms with Gasteiger partial charge in [0.15, 0.2) is 17.7 Å². The zero-order valence-electron chi connectivity index (χ0n) is 22.1. The van der Waals surface area contributed by atoms with Crippen LogP contribution in [-0.4, -0.2) is 41.0 Å². The maximum absolute atomic E-state index is 12.9. The Kier molecular flexibility index (Phi) is 10.8. The van der Waals surface area contributed by atoms with Gasteiger partial charge in [-0.1, -0.05) is 29.5 Å². The van der Waals surface area contributed by atoms with E-state index in [1.807, 2.05) is 0 Å². The minimum atomic E-state index is -1.65. The van der Waals surface area contributed by atoms with E-state index in [1.165, 1.54) is 18.3 Å². The van der Waals surface area contributed by atoms with E-state index >= 15 is 0 Å². The van der Waals surface area contributed by atoms with Gasteiger partial charge in [0, 0.05) is 36.6 Å². The summed E-state index contributed by atoms with van der Waals surface area (Å²) in [7, 11) is 0. The van der Waals surface area contributed by atoms with Crippen molar-refractivity contribution in [1.82, 2.24) is 0 Å². The molecule has 0 aliphatic heterocycles. The Morgan fingerprint density at radius 2 is 1.63 bits per heavy atom. The Hall–Kier alpha value is -4.45. The van der Waals surface area contributed by atoms with Crippen molar-refractivity contribution in [2.75, 3.05) is 13.2 Å². The van der Waals surface area contributed by atoms with Gasteiger partial charge in [-0.3, -0.25) is 19.7 Å². The monoisotopic (exact) mass is 520 g/mol. The highest BCUT2D eigenvalue weighted by Crippen LogP contribution is 2.33. The van der Waals surface area contributed by atoms with E-state index in [4.69, 9.17) is 9.47 Å². The third-order valence-electron chi connectivity index (χ3n) is 5.74. The third kappa shape index (κ3) is 7.53. The van der Waals surface area contributed by atoms with Crippen molar-refractivity contribution >= 4 is 23.8 Å². The molecule has 0 radical (unpaired) electrons. The van der Waals surface area contributed by atoms with E-state index in [9.17, 15) is 24.9 Å². The first-order valence-corrected chi connectivity index (χ1v) is 12.2. The highest BCUT2D eigenvalue weighted by Gasteiger charge is 2.48. The van der Waals surface area contributed by atoms with Gasteiger partial charge in [0.2, 0.25) is 0 Å². The smallest absolute Gasteiger partial charge is 0.324 e. The van der Waals surface area contributed by atoms with Crippen molar-refractivity contribution < 1.29 is 28.7 Å². The lowest BCUT2D eigenvalue weighted by atomic mass is 9.79. The van der Waals surface area contributed by atoms with Crippen molar-refractivity contribution in [2.24, 2.45) is 5.41 Å². The number of hydrogen-bond acceptors (Lipinski definition) is 7. The van der Waals surface area contributed by atoms with Crippen LogP contribution >= 0.6 is 0 Å². The predicted molar refractivity (Wildman–Crippen MR) is 143 cm³/mol. The highest BCUT2D eigenvalue weighted by atomic mass is 16.6. The molecule has 0 aliphatic carbocycles. The number of allylic oxidation sites excluding steroid dienone is 1. The van der Waals surface area contributed by atoms with Crippen LogP contribution in [0.3, 0.4) is 0 Å². The minimum Gasteiger partial charge on any atom is -0.623 e. The topological polar surface area (TPSA) is 122 Å². The van der Waals surface area contributed by atoms with E-state index < -0.39 is 28.3 Å². The summed E-state index contributed by atoms with van der Waals surface area (Å²) < 4.78 is 11.1. The van der Waals surface area contributed by atoms with Gasteiger partial charge in [0.1, 0.15) is 0 Å². The third-order valence-corrected chi connectivity index (χ3v) is 5.74. The van der Waals surface area contributed by atoms with Gasteiger partial charge in [-0.25, -0.2) is 4.74 Å². The summed E-state index contributed by atoms with van der Waals surface area (Å²) in [6.45, 7) is 10.7. The van der Waals surface area contributed by atoms with Crippen LogP contribution in [0.1, 0.15) is 63.3 Å². The molecular formula is C29H32N2O7. The number of non-ortho nitro benzene ring substituents is 1. The van der Waals surface area contributed by atoms with E-state index in [0.29, 0.717) is 22.3 Å². The lowest BCUT2D eigenvalue weighted by Gasteiger charge is -2.27. The normalized spacial score (nSPS) is 12.1. The molecule has 9 nitrogen and oxygen atoms in total. The summed E-state index contributed by atoms with van der Waals surface area (Å²) in [5.74, 6) is 4.45. The molecule has 0 heterocycles. The molecule has 0 spiro atoms. The van der Waals surface area contributed by atoms with E-state index in [0.717, 1.165) is 4.74 Å². The SMILES string of the molecule is C=C(C)CC(CC#Cc1ccccc1/C=[N+](\[O-])[C@@H](C)c1ccc([N+](=O)[O-])cc1)(C(=O)OCC)C(=O)OCC. The Labute approximate surface area is 222 Å². The first-order chi connectivity index (χ1) is 18.0. The lowest BCUT2D eigenvalue weighted by Crippen LogP contribution is -2.42. The van der Waals surface area contributed by atoms with Gasteiger partial charge < -0.3 is 14.7 Å². The van der Waals surface area contributed by atoms with Crippen molar-refractivity contribution in [1.29, 1.82) is 0 Å². The number of hydroxylamine groups is 1. The zero-order valence-corrected chi connectivity index (χ0v) is 22.1. The summed E-state index contributed by atoms with van der Waals surface area (Å²) in [4.78, 5) is 36.2. The number of nitrogens with zero attached hydrogens (tertiary/aromatic N) is 2. The van der Waals surface area contributed by atoms with Crippen LogP contribution in [0.25, 0.3) is 0 Å². The molecule has 0 amide bonds. The number of hydrogen-bond donors (Lipinski definition) is 0. The molecule has 0 bridgehead atoms. The number of rotatable bonds is 11. The van der Waals surface area contributed by atoms with Crippen LogP contribution < -0.4 is 0 Å². The second-order valence-corrected chi connectivity index (χ2v) is 8.74. The quantitative estimate of drug-likeness (QED) is 0.0465. The van der Waals surface area contributed by atoms with Crippen molar-refractivity contribution in [2.45, 2.75) is 46.6 Å². The number of esters is 2. The molecular weight excluding hydrogens is 488 g/mol. The highest BCUT2D eigenvalue weighted by molar-refractivity contribution is 6.00. The Balaban J connectivity index is 2.40. The molecule has 2 aromatic carbocycles. The van der Waals surface area contributed by atoms with Gasteiger partial charge in [0.05, 0.1) is 23.7 Å². The van der Waals surface area contributed by atoms with Crippen molar-refractivity contribution in [3.8, 4) is 11.8 Å². The fourth-order valence-electron chi connectivity index (χ4n) is 3.77. The second kappa shape index (κ2) is 13.7. The standard InChI is InChI=1S/C29H32N2O7/c1-6-37-27(32)29(19-21(3)4,28(33)38-7-2)18-10-13-24-11-8-9-12-25(24)20-30(34)22(5)23-14-16-26(17-15-23)31(35)36/h8-9,11-12,14-17,20,22H,3,6-7,18-19H2,1-2,4-5H3/b30-20-/t22-/m0/s1. The summed E-state index contributed by atoms with van der Waals surface area (Å²) in [6, 6.07) is 12.1. The Morgan fingerprint density at radius 1 is 1.05 bits per heavy atom. The minimum absolute atomic E-state index is 0.0220. The average Bonchev–Trinajstić information content (AvgIpc) is 2.88. The molecule has 0 N–H and O–H groups in total. The predicted octanol–water partition coefficient (Wildman–Crippen LogP) is 5.11. The van der Waals surface area contributed by atoms with Gasteiger partial charge in [-0.05, 0) is 51.5 Å². The first-order valence-electron chi connectivity index (χ1n) is 12.2. The van der Waals surface area contributed by atoms with E-state index in [2.05, 4.69) is 18.4 Å². The van der Waals surface area contributed by atoms with Crippen LogP contribution in [0.5, 0.6) is 0 Å². The molecule has 38 heavy (non-hydrogen) atoms. The van der Waals surface area contributed by atoms with E-state index in [1.54, 1.807) is 64.1 Å². The fourth-order valence-corrected chi connectivity index (χ4v) is 3.77. The van der Waals surface area contributed by atoms with Crippen LogP contribution in [0, 0.1) is 32.6 Å². The molecule has 0 aliphatic rings. The van der Waals surface area contributed by atoms with Crippen LogP contribution in [0.2, 0.25) is 0 Å². The molecule has 0 saturated heterocycles. The number of benzene rings is 2. The Morgan fingerprint density at radius 3 is 2.16 bits per heavy atom. The van der Waals surface area contributed by atoms with Crippen molar-refractivity contribution in [3.63, 3.8) is 0 Å². The van der Waals surface area contributed by atoms with Crippen LogP contribution in [-0.2, 0) is 19.1 Å². The van der Waals surface area contributed by atoms with Crippen molar-refractivity contribution in [3.05, 3.63) is 92.7 Å². The maximum atomic E-state index is 12.9. The van der Waals surface area contributed by atoms with Gasteiger partial charge >= 0.3 is 11.9 Å². The van der Waals surface area contributed by atoms with Crippen LogP contribution in [0.15, 0.2) is 60.7 Å². The number of nitro groups is 1. The molecule has 200 valence electrons. The van der Waals surface area contributed by atoms with E-state index in [-0.39, 0.29) is 31.7 Å². The summed E-state index contributed by atoms with van der Waals surface area (Å²) in [5.41, 5.74) is 0.542. The van der Waals surface area contributed by atoms with Gasteiger partial charge in [-0.2, -0.15) is 0 Å². The summed E-state index contributed by atoms with van der Waals surface area (Å²) >= 11 is 0. The molecule has 0 fully saturated rings. The largest absolute Gasteiger partial charge is 0.623 e. The molecule has 0 unspecified atom stereocenters. The zero-order chi connectivity index (χ0) is 28.3. The molecule has 1 atom stereocenters. The summed E-state index contributed by atoms with van der Waals surface area (Å²) in [5, 5.41) is 23.8. The maximum Gasteiger partial charge on any atom is 0.324 e. The molecule has 9 heteroatoms. The average molecular weight is 521 g/mol. The Bertz CT molecular complexity index is 1250. The molecule has 0 aromatic heterocycles. The summed E-state index contributed by atoms with van der Waals surface area (Å²) in [6.07, 6.45) is 1.24. The molecule has 0 saturated carbocycles. The molecule has 2 aromatic rings. The number of nitro benzene ring substituents is 1. The molecule has 2 rings (SSSR count). The number of carbonyl (C=O) groups is 2. The number of ether oxygens (including phenoxy) is 2.